The van der Waals surface area contributed by atoms with Gasteiger partial charge in [0.05, 0.1) is 23.7 Å². The van der Waals surface area contributed by atoms with Crippen molar-refractivity contribution in [3.05, 3.63) is 41.2 Å². The molecule has 0 fully saturated rings. The molecule has 0 aliphatic rings. The van der Waals surface area contributed by atoms with Crippen molar-refractivity contribution in [3.63, 3.8) is 0 Å². The van der Waals surface area contributed by atoms with Crippen LogP contribution in [0.2, 0.25) is 5.02 Å². The maximum absolute atomic E-state index is 13.8. The predicted molar refractivity (Wildman–Crippen MR) is 65.8 cm³/mol. The van der Waals surface area contributed by atoms with E-state index in [1.54, 1.807) is 13.1 Å². The number of ether oxygens (including phenoxy) is 1. The highest BCUT2D eigenvalue weighted by atomic mass is 35.5. The van der Waals surface area contributed by atoms with E-state index in [1.165, 1.54) is 28.9 Å². The van der Waals surface area contributed by atoms with Crippen LogP contribution in [-0.2, 0) is 9.53 Å². The fraction of sp³-hybridized carbons (Fsp3) is 0.167. The number of pyridine rings is 1. The highest BCUT2D eigenvalue weighted by molar-refractivity contribution is 6.31. The van der Waals surface area contributed by atoms with Crippen LogP contribution >= 0.6 is 11.6 Å². The van der Waals surface area contributed by atoms with Gasteiger partial charge in [0.25, 0.3) is 0 Å². The molecule has 0 saturated carbocycles. The lowest BCUT2D eigenvalue weighted by Crippen LogP contribution is -1.98. The lowest BCUT2D eigenvalue weighted by Gasteiger charge is -1.98. The number of rotatable bonds is 3. The van der Waals surface area contributed by atoms with Gasteiger partial charge in [-0.3, -0.25) is 0 Å². The van der Waals surface area contributed by atoms with Crippen molar-refractivity contribution in [1.29, 1.82) is 0 Å². The van der Waals surface area contributed by atoms with Crippen LogP contribution in [0.3, 0.4) is 0 Å². The molecule has 6 heteroatoms. The van der Waals surface area contributed by atoms with E-state index >= 15 is 0 Å². The molecule has 94 valence electrons. The summed E-state index contributed by atoms with van der Waals surface area (Å²) >= 11 is 5.70. The highest BCUT2D eigenvalue weighted by Crippen LogP contribution is 2.22. The third-order valence-corrected chi connectivity index (χ3v) is 2.58. The summed E-state index contributed by atoms with van der Waals surface area (Å²) in [6.45, 7) is 1.99. The minimum absolute atomic E-state index is 0.00813. The van der Waals surface area contributed by atoms with E-state index in [4.69, 9.17) is 16.3 Å². The van der Waals surface area contributed by atoms with Gasteiger partial charge in [0.15, 0.2) is 5.82 Å². The number of hydrogen-bond acceptors (Lipinski definition) is 3. The Balaban J connectivity index is 2.40. The summed E-state index contributed by atoms with van der Waals surface area (Å²) in [5, 5.41) is 0.00813. The van der Waals surface area contributed by atoms with Crippen LogP contribution in [0.15, 0.2) is 24.7 Å². The third-order valence-electron chi connectivity index (χ3n) is 2.28. The number of carbonyl (C=O) groups is 1. The fourth-order valence-electron chi connectivity index (χ4n) is 1.51. The molecular formula is C12H10ClFN2O2. The van der Waals surface area contributed by atoms with Crippen molar-refractivity contribution in [2.24, 2.45) is 0 Å². The van der Waals surface area contributed by atoms with E-state index in [0.717, 1.165) is 0 Å². The van der Waals surface area contributed by atoms with E-state index in [-0.39, 0.29) is 17.1 Å². The van der Waals surface area contributed by atoms with Crippen LogP contribution in [0.4, 0.5) is 4.39 Å². The lowest BCUT2D eigenvalue weighted by atomic mass is 10.3. The third kappa shape index (κ3) is 2.36. The van der Waals surface area contributed by atoms with Crippen molar-refractivity contribution >= 4 is 29.2 Å². The molecule has 2 aromatic rings. The fourth-order valence-corrected chi connectivity index (χ4v) is 1.65. The summed E-state index contributed by atoms with van der Waals surface area (Å²) in [5.74, 6) is -1.07. The van der Waals surface area contributed by atoms with Crippen LogP contribution in [0, 0.1) is 5.82 Å². The first-order valence-corrected chi connectivity index (χ1v) is 5.66. The van der Waals surface area contributed by atoms with Gasteiger partial charge in [0.2, 0.25) is 0 Å². The Kier molecular flexibility index (Phi) is 3.62. The summed E-state index contributed by atoms with van der Waals surface area (Å²) < 4.78 is 20.0. The van der Waals surface area contributed by atoms with Crippen molar-refractivity contribution in [2.45, 2.75) is 6.92 Å². The van der Waals surface area contributed by atoms with E-state index in [9.17, 15) is 9.18 Å². The largest absolute Gasteiger partial charge is 0.463 e. The number of hydrogen-bond donors (Lipinski definition) is 0. The smallest absolute Gasteiger partial charge is 0.330 e. The normalized spacial score (nSPS) is 11.3. The Morgan fingerprint density at radius 2 is 2.44 bits per heavy atom. The molecule has 18 heavy (non-hydrogen) atoms. The van der Waals surface area contributed by atoms with E-state index < -0.39 is 11.8 Å². The number of halogens is 2. The zero-order valence-corrected chi connectivity index (χ0v) is 10.3. The molecule has 0 radical (unpaired) electrons. The second-order valence-electron chi connectivity index (χ2n) is 3.45. The zero-order valence-electron chi connectivity index (χ0n) is 9.56. The maximum atomic E-state index is 13.8. The van der Waals surface area contributed by atoms with Crippen molar-refractivity contribution in [1.82, 2.24) is 9.38 Å². The Morgan fingerprint density at radius 1 is 1.67 bits per heavy atom. The van der Waals surface area contributed by atoms with Gasteiger partial charge in [-0.2, -0.15) is 0 Å². The van der Waals surface area contributed by atoms with Gasteiger partial charge in [0, 0.05) is 12.3 Å². The number of carbonyl (C=O) groups excluding carboxylic acids is 1. The molecule has 2 aromatic heterocycles. The summed E-state index contributed by atoms with van der Waals surface area (Å²) in [6.07, 6.45) is 5.63. The number of nitrogens with zero attached hydrogens (tertiary/aromatic N) is 2. The minimum atomic E-state index is -0.569. The average molecular weight is 269 g/mol. The van der Waals surface area contributed by atoms with Gasteiger partial charge in [-0.05, 0) is 19.1 Å². The van der Waals surface area contributed by atoms with Gasteiger partial charge in [0.1, 0.15) is 5.52 Å². The molecule has 0 amide bonds. The first kappa shape index (κ1) is 12.6. The summed E-state index contributed by atoms with van der Waals surface area (Å²) in [6, 6.07) is 1.43. The second-order valence-corrected chi connectivity index (χ2v) is 3.86. The molecule has 0 bridgehead atoms. The molecule has 2 rings (SSSR count). The van der Waals surface area contributed by atoms with Crippen LogP contribution in [0.5, 0.6) is 0 Å². The van der Waals surface area contributed by atoms with Crippen molar-refractivity contribution in [3.8, 4) is 0 Å². The Labute approximate surface area is 108 Å². The predicted octanol–water partition coefficient (Wildman–Crippen LogP) is 2.70. The topological polar surface area (TPSA) is 43.6 Å². The molecule has 0 unspecified atom stereocenters. The van der Waals surface area contributed by atoms with Gasteiger partial charge < -0.3 is 9.14 Å². The first-order chi connectivity index (χ1) is 8.63. The van der Waals surface area contributed by atoms with Crippen molar-refractivity contribution < 1.29 is 13.9 Å². The number of imidazole rings is 1. The minimum Gasteiger partial charge on any atom is -0.463 e. The molecular weight excluding hydrogens is 259 g/mol. The van der Waals surface area contributed by atoms with E-state index in [0.29, 0.717) is 5.69 Å². The number of fused-ring (bicyclic) bond motifs is 1. The molecule has 2 heterocycles. The molecule has 0 spiro atoms. The molecule has 0 saturated heterocycles. The van der Waals surface area contributed by atoms with Gasteiger partial charge in [-0.1, -0.05) is 11.6 Å². The summed E-state index contributed by atoms with van der Waals surface area (Å²) in [4.78, 5) is 15.2. The molecule has 0 aliphatic carbocycles. The Morgan fingerprint density at radius 3 is 3.17 bits per heavy atom. The molecule has 0 aromatic carbocycles. The molecule has 0 aliphatic heterocycles. The summed E-state index contributed by atoms with van der Waals surface area (Å²) in [7, 11) is 0. The van der Waals surface area contributed by atoms with Crippen molar-refractivity contribution in [2.75, 3.05) is 6.61 Å². The Bertz CT molecular complexity index is 622. The molecule has 0 N–H and O–H groups in total. The molecule has 4 nitrogen and oxygen atoms in total. The highest BCUT2D eigenvalue weighted by Gasteiger charge is 2.10. The van der Waals surface area contributed by atoms with Crippen LogP contribution in [0.25, 0.3) is 11.6 Å². The quantitative estimate of drug-likeness (QED) is 0.635. The molecule has 0 atom stereocenters. The van der Waals surface area contributed by atoms with Gasteiger partial charge >= 0.3 is 5.97 Å². The zero-order chi connectivity index (χ0) is 13.1. The lowest BCUT2D eigenvalue weighted by molar-refractivity contribution is -0.137. The second kappa shape index (κ2) is 5.18. The summed E-state index contributed by atoms with van der Waals surface area (Å²) in [5.41, 5.74) is 0.547. The maximum Gasteiger partial charge on any atom is 0.330 e. The Hall–Kier alpha value is -1.88. The first-order valence-electron chi connectivity index (χ1n) is 5.29. The monoisotopic (exact) mass is 268 g/mol. The SMILES string of the molecule is CCOC(=O)C=Cc1ncn2ccc(Cl)c(F)c12. The van der Waals surface area contributed by atoms with Crippen LogP contribution in [0.1, 0.15) is 12.6 Å². The van der Waals surface area contributed by atoms with Crippen LogP contribution in [-0.4, -0.2) is 22.0 Å². The standard InChI is InChI=1S/C12H10ClFN2O2/c1-2-18-10(17)4-3-9-12-11(14)8(13)5-6-16(12)7-15-9/h3-7H,2H2,1H3. The van der Waals surface area contributed by atoms with Gasteiger partial charge in [-0.25, -0.2) is 14.2 Å². The number of aromatic nitrogens is 2. The van der Waals surface area contributed by atoms with Gasteiger partial charge in [-0.15, -0.1) is 0 Å². The van der Waals surface area contributed by atoms with E-state index in [1.807, 2.05) is 0 Å². The average Bonchev–Trinajstić information content (AvgIpc) is 2.75. The van der Waals surface area contributed by atoms with Crippen LogP contribution < -0.4 is 0 Å². The number of esters is 1. The van der Waals surface area contributed by atoms with E-state index in [2.05, 4.69) is 4.98 Å².